The second kappa shape index (κ2) is 4.88. The highest BCUT2D eigenvalue weighted by Gasteiger charge is 2.14. The first-order valence-electron chi connectivity index (χ1n) is 5.58. The fourth-order valence-electron chi connectivity index (χ4n) is 1.72. The molecule has 7 heteroatoms. The SMILES string of the molecule is NCCc1nc(-c2nc3cc(F)cc(Cl)c3o2)cs1. The van der Waals surface area contributed by atoms with E-state index in [-0.39, 0.29) is 5.02 Å². The third-order valence-electron chi connectivity index (χ3n) is 2.54. The van der Waals surface area contributed by atoms with Crippen LogP contribution in [-0.2, 0) is 6.42 Å². The highest BCUT2D eigenvalue weighted by atomic mass is 35.5. The Morgan fingerprint density at radius 1 is 1.37 bits per heavy atom. The predicted octanol–water partition coefficient (Wildman–Crippen LogP) is 3.25. The molecular formula is C12H9ClFN3OS. The number of hydrogen-bond acceptors (Lipinski definition) is 5. The zero-order valence-electron chi connectivity index (χ0n) is 9.69. The van der Waals surface area contributed by atoms with Crippen molar-refractivity contribution in [2.45, 2.75) is 6.42 Å². The van der Waals surface area contributed by atoms with Crippen LogP contribution in [0, 0.1) is 5.82 Å². The summed E-state index contributed by atoms with van der Waals surface area (Å²) < 4.78 is 18.8. The molecular weight excluding hydrogens is 289 g/mol. The number of benzene rings is 1. The normalized spacial score (nSPS) is 11.3. The van der Waals surface area contributed by atoms with Crippen molar-refractivity contribution in [3.8, 4) is 11.6 Å². The molecule has 2 heterocycles. The van der Waals surface area contributed by atoms with E-state index in [0.29, 0.717) is 35.6 Å². The molecule has 3 aromatic rings. The van der Waals surface area contributed by atoms with Crippen LogP contribution in [0.4, 0.5) is 4.39 Å². The van der Waals surface area contributed by atoms with Gasteiger partial charge >= 0.3 is 0 Å². The van der Waals surface area contributed by atoms with Crippen LogP contribution in [0.2, 0.25) is 5.02 Å². The number of fused-ring (bicyclic) bond motifs is 1. The molecule has 3 rings (SSSR count). The number of hydrogen-bond donors (Lipinski definition) is 1. The van der Waals surface area contributed by atoms with Gasteiger partial charge in [-0.25, -0.2) is 14.4 Å². The van der Waals surface area contributed by atoms with Crippen LogP contribution < -0.4 is 5.73 Å². The highest BCUT2D eigenvalue weighted by molar-refractivity contribution is 7.09. The first-order chi connectivity index (χ1) is 9.17. The lowest BCUT2D eigenvalue weighted by atomic mass is 10.3. The van der Waals surface area contributed by atoms with Gasteiger partial charge in [-0.1, -0.05) is 11.6 Å². The van der Waals surface area contributed by atoms with Crippen LogP contribution in [-0.4, -0.2) is 16.5 Å². The van der Waals surface area contributed by atoms with Crippen molar-refractivity contribution in [1.29, 1.82) is 0 Å². The van der Waals surface area contributed by atoms with Gasteiger partial charge in [0.1, 0.15) is 17.0 Å². The van der Waals surface area contributed by atoms with E-state index < -0.39 is 5.82 Å². The van der Waals surface area contributed by atoms with E-state index in [9.17, 15) is 4.39 Å². The van der Waals surface area contributed by atoms with Crippen LogP contribution in [0.25, 0.3) is 22.7 Å². The molecule has 0 unspecified atom stereocenters. The number of nitrogens with two attached hydrogens (primary N) is 1. The van der Waals surface area contributed by atoms with Crippen LogP contribution in [0.5, 0.6) is 0 Å². The smallest absolute Gasteiger partial charge is 0.247 e. The van der Waals surface area contributed by atoms with Gasteiger partial charge in [-0.2, -0.15) is 0 Å². The molecule has 0 saturated carbocycles. The Hall–Kier alpha value is -1.50. The molecule has 0 aliphatic heterocycles. The Kier molecular flexibility index (Phi) is 3.22. The van der Waals surface area contributed by atoms with E-state index in [1.165, 1.54) is 23.5 Å². The minimum Gasteiger partial charge on any atom is -0.433 e. The van der Waals surface area contributed by atoms with Crippen LogP contribution in [0.3, 0.4) is 0 Å². The fraction of sp³-hybridized carbons (Fsp3) is 0.167. The predicted molar refractivity (Wildman–Crippen MR) is 72.8 cm³/mol. The molecule has 0 spiro atoms. The molecule has 1 aromatic carbocycles. The van der Waals surface area contributed by atoms with Crippen molar-refractivity contribution in [2.75, 3.05) is 6.54 Å². The van der Waals surface area contributed by atoms with Crippen molar-refractivity contribution in [1.82, 2.24) is 9.97 Å². The first-order valence-corrected chi connectivity index (χ1v) is 6.83. The third kappa shape index (κ3) is 2.34. The van der Waals surface area contributed by atoms with Crippen molar-refractivity contribution >= 4 is 34.0 Å². The fourth-order valence-corrected chi connectivity index (χ4v) is 2.74. The standard InChI is InChI=1S/C12H9ClFN3OS/c13-7-3-6(14)4-8-11(7)18-12(17-8)9-5-19-10(16-9)1-2-15/h3-5H,1-2,15H2. The molecule has 0 fully saturated rings. The number of halogens is 2. The van der Waals surface area contributed by atoms with Crippen molar-refractivity contribution in [3.63, 3.8) is 0 Å². The number of nitrogens with zero attached hydrogens (tertiary/aromatic N) is 2. The molecule has 0 saturated heterocycles. The number of rotatable bonds is 3. The molecule has 0 bridgehead atoms. The zero-order chi connectivity index (χ0) is 13.4. The minimum atomic E-state index is -0.445. The molecule has 98 valence electrons. The summed E-state index contributed by atoms with van der Waals surface area (Å²) in [4.78, 5) is 8.56. The van der Waals surface area contributed by atoms with Crippen molar-refractivity contribution in [3.05, 3.63) is 33.4 Å². The van der Waals surface area contributed by atoms with Gasteiger partial charge in [0.15, 0.2) is 5.58 Å². The monoisotopic (exact) mass is 297 g/mol. The highest BCUT2D eigenvalue weighted by Crippen LogP contribution is 2.30. The third-order valence-corrected chi connectivity index (χ3v) is 3.73. The Morgan fingerprint density at radius 2 is 2.21 bits per heavy atom. The van der Waals surface area contributed by atoms with Gasteiger partial charge in [-0.3, -0.25) is 0 Å². The second-order valence-corrected chi connectivity index (χ2v) is 5.27. The molecule has 0 aliphatic carbocycles. The van der Waals surface area contributed by atoms with E-state index in [2.05, 4.69) is 9.97 Å². The van der Waals surface area contributed by atoms with Crippen molar-refractivity contribution in [2.24, 2.45) is 5.73 Å². The summed E-state index contributed by atoms with van der Waals surface area (Å²) in [6, 6.07) is 2.47. The summed E-state index contributed by atoms with van der Waals surface area (Å²) in [7, 11) is 0. The molecule has 2 aromatic heterocycles. The zero-order valence-corrected chi connectivity index (χ0v) is 11.3. The van der Waals surface area contributed by atoms with E-state index in [0.717, 1.165) is 5.01 Å². The quantitative estimate of drug-likeness (QED) is 0.806. The Bertz CT molecular complexity index is 740. The summed E-state index contributed by atoms with van der Waals surface area (Å²) in [5.74, 6) is -0.110. The molecule has 19 heavy (non-hydrogen) atoms. The number of aromatic nitrogens is 2. The van der Waals surface area contributed by atoms with Crippen molar-refractivity contribution < 1.29 is 8.81 Å². The van der Waals surface area contributed by atoms with Gasteiger partial charge in [0.2, 0.25) is 5.89 Å². The summed E-state index contributed by atoms with van der Waals surface area (Å²) >= 11 is 7.40. The molecule has 0 radical (unpaired) electrons. The van der Waals surface area contributed by atoms with Gasteiger partial charge in [0, 0.05) is 17.9 Å². The maximum atomic E-state index is 13.2. The molecule has 4 nitrogen and oxygen atoms in total. The topological polar surface area (TPSA) is 64.9 Å². The summed E-state index contributed by atoms with van der Waals surface area (Å²) in [6.07, 6.45) is 0.709. The van der Waals surface area contributed by atoms with Gasteiger partial charge in [-0.15, -0.1) is 11.3 Å². The Morgan fingerprint density at radius 3 is 3.00 bits per heavy atom. The maximum Gasteiger partial charge on any atom is 0.247 e. The van der Waals surface area contributed by atoms with Gasteiger partial charge in [-0.05, 0) is 12.6 Å². The van der Waals surface area contributed by atoms with Gasteiger partial charge in [0.05, 0.1) is 10.0 Å². The maximum absolute atomic E-state index is 13.2. The first kappa shape index (κ1) is 12.5. The van der Waals surface area contributed by atoms with Gasteiger partial charge in [0.25, 0.3) is 0 Å². The molecule has 0 atom stereocenters. The average molecular weight is 298 g/mol. The van der Waals surface area contributed by atoms with Crippen LogP contribution >= 0.6 is 22.9 Å². The van der Waals surface area contributed by atoms with Gasteiger partial charge < -0.3 is 10.2 Å². The molecule has 0 aliphatic rings. The summed E-state index contributed by atoms with van der Waals surface area (Å²) in [5.41, 5.74) is 6.84. The van der Waals surface area contributed by atoms with Crippen LogP contribution in [0.1, 0.15) is 5.01 Å². The lowest BCUT2D eigenvalue weighted by molar-refractivity contribution is 0.612. The Labute approximate surface area is 117 Å². The number of oxazole rings is 1. The summed E-state index contributed by atoms with van der Waals surface area (Å²) in [6.45, 7) is 0.539. The minimum absolute atomic E-state index is 0.200. The van der Waals surface area contributed by atoms with E-state index in [1.54, 1.807) is 0 Å². The second-order valence-electron chi connectivity index (χ2n) is 3.92. The van der Waals surface area contributed by atoms with Crippen LogP contribution in [0.15, 0.2) is 21.9 Å². The molecule has 2 N–H and O–H groups in total. The van der Waals surface area contributed by atoms with E-state index in [4.69, 9.17) is 21.8 Å². The average Bonchev–Trinajstić information content (AvgIpc) is 2.95. The lowest BCUT2D eigenvalue weighted by Gasteiger charge is -1.90. The molecule has 0 amide bonds. The van der Waals surface area contributed by atoms with E-state index in [1.807, 2.05) is 5.38 Å². The summed E-state index contributed by atoms with van der Waals surface area (Å²) in [5, 5.41) is 2.95. The lowest BCUT2D eigenvalue weighted by Crippen LogP contribution is -2.01. The van der Waals surface area contributed by atoms with E-state index >= 15 is 0 Å². The largest absolute Gasteiger partial charge is 0.433 e. The Balaban J connectivity index is 2.07. The number of thiazole rings is 1.